The predicted octanol–water partition coefficient (Wildman–Crippen LogP) is 0.879. The Morgan fingerprint density at radius 3 is 3.00 bits per heavy atom. The molecule has 3 N–H and O–H groups in total. The van der Waals surface area contributed by atoms with Crippen molar-refractivity contribution in [2.24, 2.45) is 5.84 Å². The number of nitrogens with one attached hydrogen (secondary N) is 1. The molecule has 1 rings (SSSR count). The number of rotatable bonds is 10. The van der Waals surface area contributed by atoms with Crippen LogP contribution in [0.15, 0.2) is 6.33 Å². The number of hydrogen-bond donors (Lipinski definition) is 2. The Morgan fingerprint density at radius 2 is 2.33 bits per heavy atom. The van der Waals surface area contributed by atoms with Crippen molar-refractivity contribution in [3.63, 3.8) is 0 Å². The summed E-state index contributed by atoms with van der Waals surface area (Å²) in [7, 11) is 0. The molecule has 0 spiro atoms. The second-order valence-electron chi connectivity index (χ2n) is 4.31. The van der Waals surface area contributed by atoms with Gasteiger partial charge in [0.1, 0.15) is 12.2 Å². The molecule has 18 heavy (non-hydrogen) atoms. The van der Waals surface area contributed by atoms with Crippen LogP contribution in [0.25, 0.3) is 0 Å². The molecular weight excluding hydrogens is 230 g/mol. The van der Waals surface area contributed by atoms with E-state index in [1.807, 2.05) is 11.6 Å². The van der Waals surface area contributed by atoms with Crippen LogP contribution in [0.2, 0.25) is 0 Å². The summed E-state index contributed by atoms with van der Waals surface area (Å²) in [5.74, 6) is 6.58. The first-order chi connectivity index (χ1) is 8.81. The first kappa shape index (κ1) is 15.1. The first-order valence-electron chi connectivity index (χ1n) is 6.72. The second-order valence-corrected chi connectivity index (χ2v) is 4.31. The van der Waals surface area contributed by atoms with Crippen molar-refractivity contribution in [3.05, 3.63) is 12.2 Å². The SMILES string of the molecule is CCCn1ncnc1CC(CCCOCC)NN. The molecule has 104 valence electrons. The van der Waals surface area contributed by atoms with Crippen molar-refractivity contribution >= 4 is 0 Å². The summed E-state index contributed by atoms with van der Waals surface area (Å²) >= 11 is 0. The summed E-state index contributed by atoms with van der Waals surface area (Å²) in [5.41, 5.74) is 2.85. The molecular formula is C12H25N5O. The van der Waals surface area contributed by atoms with Crippen LogP contribution in [0.1, 0.15) is 38.9 Å². The largest absolute Gasteiger partial charge is 0.382 e. The highest BCUT2D eigenvalue weighted by Gasteiger charge is 2.12. The first-order valence-corrected chi connectivity index (χ1v) is 6.72. The van der Waals surface area contributed by atoms with E-state index in [1.54, 1.807) is 6.33 Å². The van der Waals surface area contributed by atoms with Gasteiger partial charge in [0.15, 0.2) is 0 Å². The fraction of sp³-hybridized carbons (Fsp3) is 0.833. The summed E-state index contributed by atoms with van der Waals surface area (Å²) in [6.07, 6.45) is 5.46. The minimum Gasteiger partial charge on any atom is -0.382 e. The smallest absolute Gasteiger partial charge is 0.138 e. The highest BCUT2D eigenvalue weighted by atomic mass is 16.5. The molecule has 6 heteroatoms. The number of nitrogens with zero attached hydrogens (tertiary/aromatic N) is 3. The molecule has 1 aromatic rings. The third-order valence-electron chi connectivity index (χ3n) is 2.84. The van der Waals surface area contributed by atoms with Gasteiger partial charge < -0.3 is 4.74 Å². The van der Waals surface area contributed by atoms with Crippen molar-refractivity contribution < 1.29 is 4.74 Å². The number of nitrogens with two attached hydrogens (primary N) is 1. The van der Waals surface area contributed by atoms with Crippen LogP contribution in [-0.4, -0.2) is 34.0 Å². The van der Waals surface area contributed by atoms with Gasteiger partial charge in [0.2, 0.25) is 0 Å². The summed E-state index contributed by atoms with van der Waals surface area (Å²) in [5, 5.41) is 4.22. The lowest BCUT2D eigenvalue weighted by molar-refractivity contribution is 0.140. The molecule has 0 saturated carbocycles. The molecule has 1 aromatic heterocycles. The lowest BCUT2D eigenvalue weighted by Crippen LogP contribution is -2.37. The molecule has 6 nitrogen and oxygen atoms in total. The van der Waals surface area contributed by atoms with Gasteiger partial charge in [0, 0.05) is 32.2 Å². The van der Waals surface area contributed by atoms with Gasteiger partial charge in [-0.05, 0) is 26.2 Å². The summed E-state index contributed by atoms with van der Waals surface area (Å²) in [6, 6.07) is 0.227. The molecule has 1 unspecified atom stereocenters. The molecule has 0 saturated heterocycles. The van der Waals surface area contributed by atoms with E-state index in [2.05, 4.69) is 22.4 Å². The summed E-state index contributed by atoms with van der Waals surface area (Å²) in [4.78, 5) is 4.29. The lowest BCUT2D eigenvalue weighted by atomic mass is 10.1. The number of ether oxygens (including phenoxy) is 1. The van der Waals surface area contributed by atoms with Crippen LogP contribution in [0.4, 0.5) is 0 Å². The minimum absolute atomic E-state index is 0.227. The maximum Gasteiger partial charge on any atom is 0.138 e. The van der Waals surface area contributed by atoms with E-state index in [4.69, 9.17) is 10.6 Å². The van der Waals surface area contributed by atoms with Gasteiger partial charge in [0.25, 0.3) is 0 Å². The Hall–Kier alpha value is -0.980. The van der Waals surface area contributed by atoms with E-state index in [-0.39, 0.29) is 6.04 Å². The van der Waals surface area contributed by atoms with E-state index in [1.165, 1.54) is 0 Å². The van der Waals surface area contributed by atoms with Crippen molar-refractivity contribution in [2.75, 3.05) is 13.2 Å². The second kappa shape index (κ2) is 9.02. The van der Waals surface area contributed by atoms with Gasteiger partial charge in [-0.25, -0.2) is 4.98 Å². The van der Waals surface area contributed by atoms with Crippen LogP contribution >= 0.6 is 0 Å². The molecule has 0 aromatic carbocycles. The highest BCUT2D eigenvalue weighted by molar-refractivity contribution is 4.89. The van der Waals surface area contributed by atoms with Crippen molar-refractivity contribution in [1.82, 2.24) is 20.2 Å². The Labute approximate surface area is 109 Å². The van der Waals surface area contributed by atoms with Gasteiger partial charge in [-0.2, -0.15) is 5.10 Å². The fourth-order valence-electron chi connectivity index (χ4n) is 1.89. The Morgan fingerprint density at radius 1 is 1.50 bits per heavy atom. The van der Waals surface area contributed by atoms with Crippen molar-refractivity contribution in [2.45, 2.75) is 52.1 Å². The zero-order valence-corrected chi connectivity index (χ0v) is 11.4. The van der Waals surface area contributed by atoms with Gasteiger partial charge in [-0.15, -0.1) is 0 Å². The normalized spacial score (nSPS) is 12.8. The standard InChI is InChI=1S/C12H25N5O/c1-3-7-17-12(14-10-15-17)9-11(16-13)6-5-8-18-4-2/h10-11,16H,3-9,13H2,1-2H3. The van der Waals surface area contributed by atoms with Crippen LogP contribution in [-0.2, 0) is 17.7 Å². The average Bonchev–Trinajstić information content (AvgIpc) is 2.81. The quantitative estimate of drug-likeness (QED) is 0.369. The van der Waals surface area contributed by atoms with E-state index < -0.39 is 0 Å². The van der Waals surface area contributed by atoms with Crippen molar-refractivity contribution in [1.29, 1.82) is 0 Å². The Balaban J connectivity index is 2.39. The van der Waals surface area contributed by atoms with Crippen LogP contribution in [0.3, 0.4) is 0 Å². The number of aryl methyl sites for hydroxylation is 1. The Kier molecular flexibility index (Phi) is 7.55. The maximum absolute atomic E-state index is 5.58. The summed E-state index contributed by atoms with van der Waals surface area (Å²) < 4.78 is 7.28. The fourth-order valence-corrected chi connectivity index (χ4v) is 1.89. The average molecular weight is 255 g/mol. The number of hydrazine groups is 1. The highest BCUT2D eigenvalue weighted by Crippen LogP contribution is 2.05. The van der Waals surface area contributed by atoms with Gasteiger partial charge in [-0.1, -0.05) is 6.92 Å². The molecule has 0 amide bonds. The maximum atomic E-state index is 5.58. The topological polar surface area (TPSA) is 78.0 Å². The molecule has 0 aliphatic carbocycles. The van der Waals surface area contributed by atoms with E-state index in [9.17, 15) is 0 Å². The predicted molar refractivity (Wildman–Crippen MR) is 70.9 cm³/mol. The number of aromatic nitrogens is 3. The third-order valence-corrected chi connectivity index (χ3v) is 2.84. The molecule has 1 atom stereocenters. The summed E-state index contributed by atoms with van der Waals surface area (Å²) in [6.45, 7) is 6.60. The van der Waals surface area contributed by atoms with Crippen LogP contribution in [0.5, 0.6) is 0 Å². The van der Waals surface area contributed by atoms with E-state index in [0.717, 1.165) is 51.3 Å². The number of hydrogen-bond acceptors (Lipinski definition) is 5. The minimum atomic E-state index is 0.227. The zero-order valence-electron chi connectivity index (χ0n) is 11.4. The van der Waals surface area contributed by atoms with Gasteiger partial charge >= 0.3 is 0 Å². The molecule has 0 bridgehead atoms. The van der Waals surface area contributed by atoms with Gasteiger partial charge in [-0.3, -0.25) is 16.0 Å². The third kappa shape index (κ3) is 5.12. The molecule has 0 fully saturated rings. The van der Waals surface area contributed by atoms with Crippen LogP contribution in [0, 0.1) is 0 Å². The van der Waals surface area contributed by atoms with Crippen LogP contribution < -0.4 is 11.3 Å². The Bertz CT molecular complexity index is 315. The molecule has 0 aliphatic heterocycles. The van der Waals surface area contributed by atoms with E-state index >= 15 is 0 Å². The molecule has 1 heterocycles. The van der Waals surface area contributed by atoms with Gasteiger partial charge in [0.05, 0.1) is 0 Å². The molecule has 0 aliphatic rings. The zero-order chi connectivity index (χ0) is 13.2. The lowest BCUT2D eigenvalue weighted by Gasteiger charge is -2.15. The van der Waals surface area contributed by atoms with E-state index in [0.29, 0.717) is 0 Å². The monoisotopic (exact) mass is 255 g/mol. The molecule has 0 radical (unpaired) electrons. The van der Waals surface area contributed by atoms with Crippen molar-refractivity contribution in [3.8, 4) is 0 Å².